The zero-order valence-electron chi connectivity index (χ0n) is 13.9. The summed E-state index contributed by atoms with van der Waals surface area (Å²) >= 11 is 0. The van der Waals surface area contributed by atoms with Gasteiger partial charge in [-0.1, -0.05) is 0 Å². The first kappa shape index (κ1) is 14.9. The number of rotatable bonds is 3. The second-order valence-corrected chi connectivity index (χ2v) is 6.25. The molecule has 124 valence electrons. The van der Waals surface area contributed by atoms with Crippen LogP contribution in [0, 0.1) is 6.92 Å². The van der Waals surface area contributed by atoms with E-state index < -0.39 is 0 Å². The topological polar surface area (TPSA) is 81.8 Å². The first-order valence-corrected chi connectivity index (χ1v) is 8.22. The van der Waals surface area contributed by atoms with E-state index >= 15 is 0 Å². The highest BCUT2D eigenvalue weighted by Crippen LogP contribution is 2.24. The molecule has 1 unspecified atom stereocenters. The molecule has 3 aromatic rings. The van der Waals surface area contributed by atoms with Crippen molar-refractivity contribution in [3.05, 3.63) is 36.2 Å². The van der Waals surface area contributed by atoms with Crippen LogP contribution in [-0.2, 0) is 0 Å². The van der Waals surface area contributed by atoms with Crippen molar-refractivity contribution in [1.82, 2.24) is 25.5 Å². The lowest BCUT2D eigenvalue weighted by Gasteiger charge is -2.34. The minimum absolute atomic E-state index is 0.386. The molecule has 1 atom stereocenters. The highest BCUT2D eigenvalue weighted by molar-refractivity contribution is 5.82. The first-order valence-electron chi connectivity index (χ1n) is 8.22. The number of aromatic amines is 1. The molecule has 24 heavy (non-hydrogen) atoms. The molecule has 1 aliphatic rings. The van der Waals surface area contributed by atoms with Gasteiger partial charge in [0.05, 0.1) is 11.7 Å². The van der Waals surface area contributed by atoms with Crippen molar-refractivity contribution in [3.63, 3.8) is 0 Å². The molecular weight excluding hydrogens is 302 g/mol. The number of aryl methyl sites for hydroxylation is 1. The van der Waals surface area contributed by atoms with Gasteiger partial charge in [-0.25, -0.2) is 4.98 Å². The standard InChI is InChI=1S/C17H21N7/c1-11-8-19-17(24-6-5-18-9-12(24)2)22-16(11)21-14-3-4-15-13(7-14)10-20-23-15/h3-4,7-8,10,12,18H,5-6,9H2,1-2H3,(H,20,23)(H,19,21,22). The second kappa shape index (κ2) is 6.09. The Hall–Kier alpha value is -2.67. The van der Waals surface area contributed by atoms with Crippen LogP contribution < -0.4 is 15.5 Å². The van der Waals surface area contributed by atoms with Crippen molar-refractivity contribution in [1.29, 1.82) is 0 Å². The van der Waals surface area contributed by atoms with Crippen LogP contribution in [0.4, 0.5) is 17.5 Å². The molecule has 3 N–H and O–H groups in total. The fourth-order valence-electron chi connectivity index (χ4n) is 2.99. The van der Waals surface area contributed by atoms with Crippen LogP contribution in [0.3, 0.4) is 0 Å². The minimum Gasteiger partial charge on any atom is -0.340 e. The minimum atomic E-state index is 0.386. The van der Waals surface area contributed by atoms with Crippen molar-refractivity contribution in [2.45, 2.75) is 19.9 Å². The van der Waals surface area contributed by atoms with Crippen molar-refractivity contribution in [2.24, 2.45) is 0 Å². The summed E-state index contributed by atoms with van der Waals surface area (Å²) in [5.74, 6) is 1.62. The normalized spacial score (nSPS) is 18.1. The van der Waals surface area contributed by atoms with Gasteiger partial charge in [-0.2, -0.15) is 10.1 Å². The van der Waals surface area contributed by atoms with E-state index in [1.54, 1.807) is 0 Å². The molecule has 3 heterocycles. The SMILES string of the molecule is Cc1cnc(N2CCNCC2C)nc1Nc1ccc2[nH]ncc2c1. The summed E-state index contributed by atoms with van der Waals surface area (Å²) in [4.78, 5) is 11.5. The quantitative estimate of drug-likeness (QED) is 0.685. The number of hydrogen-bond donors (Lipinski definition) is 3. The van der Waals surface area contributed by atoms with E-state index in [0.29, 0.717) is 6.04 Å². The van der Waals surface area contributed by atoms with Crippen LogP contribution in [0.25, 0.3) is 10.9 Å². The lowest BCUT2D eigenvalue weighted by molar-refractivity contribution is 0.493. The van der Waals surface area contributed by atoms with Gasteiger partial charge in [0.2, 0.25) is 5.95 Å². The third-order valence-corrected chi connectivity index (χ3v) is 4.42. The van der Waals surface area contributed by atoms with Crippen molar-refractivity contribution in [3.8, 4) is 0 Å². The summed E-state index contributed by atoms with van der Waals surface area (Å²) < 4.78 is 0. The van der Waals surface area contributed by atoms with Gasteiger partial charge in [-0.15, -0.1) is 0 Å². The van der Waals surface area contributed by atoms with E-state index in [4.69, 9.17) is 4.98 Å². The smallest absolute Gasteiger partial charge is 0.227 e. The Morgan fingerprint density at radius 1 is 1.29 bits per heavy atom. The van der Waals surface area contributed by atoms with E-state index in [0.717, 1.165) is 53.6 Å². The molecule has 7 nitrogen and oxygen atoms in total. The molecular formula is C17H21N7. The molecule has 4 rings (SSSR count). The van der Waals surface area contributed by atoms with Crippen LogP contribution in [0.15, 0.2) is 30.6 Å². The van der Waals surface area contributed by atoms with E-state index in [9.17, 15) is 0 Å². The molecule has 1 aromatic carbocycles. The number of nitrogens with zero attached hydrogens (tertiary/aromatic N) is 4. The van der Waals surface area contributed by atoms with Gasteiger partial charge in [-0.05, 0) is 32.0 Å². The Bertz CT molecular complexity index is 857. The van der Waals surface area contributed by atoms with Crippen molar-refractivity contribution in [2.75, 3.05) is 29.9 Å². The largest absolute Gasteiger partial charge is 0.340 e. The summed E-state index contributed by atoms with van der Waals surface area (Å²) in [6.45, 7) is 7.04. The summed E-state index contributed by atoms with van der Waals surface area (Å²) in [6, 6.07) is 6.49. The number of H-pyrrole nitrogens is 1. The van der Waals surface area contributed by atoms with E-state index in [2.05, 4.69) is 43.7 Å². The fourth-order valence-corrected chi connectivity index (χ4v) is 2.99. The Morgan fingerprint density at radius 2 is 2.21 bits per heavy atom. The Morgan fingerprint density at radius 3 is 3.08 bits per heavy atom. The highest BCUT2D eigenvalue weighted by atomic mass is 15.3. The molecule has 0 bridgehead atoms. The molecule has 0 spiro atoms. The number of piperazine rings is 1. The molecule has 2 aromatic heterocycles. The second-order valence-electron chi connectivity index (χ2n) is 6.25. The Balaban J connectivity index is 1.63. The van der Waals surface area contributed by atoms with Crippen molar-refractivity contribution < 1.29 is 0 Å². The van der Waals surface area contributed by atoms with E-state index in [-0.39, 0.29) is 0 Å². The predicted octanol–water partition coefficient (Wildman–Crippen LogP) is 2.20. The number of anilines is 3. The van der Waals surface area contributed by atoms with Crippen LogP contribution in [-0.4, -0.2) is 45.8 Å². The van der Waals surface area contributed by atoms with Gasteiger partial charge in [0, 0.05) is 48.5 Å². The molecule has 1 aliphatic heterocycles. The number of hydrogen-bond acceptors (Lipinski definition) is 6. The maximum absolute atomic E-state index is 4.76. The molecule has 1 fully saturated rings. The van der Waals surface area contributed by atoms with Gasteiger partial charge in [-0.3, -0.25) is 5.10 Å². The third-order valence-electron chi connectivity index (χ3n) is 4.42. The lowest BCUT2D eigenvalue weighted by Crippen LogP contribution is -2.50. The maximum atomic E-state index is 4.76. The molecule has 1 saturated heterocycles. The number of nitrogens with one attached hydrogen (secondary N) is 3. The Kier molecular flexibility index (Phi) is 3.78. The van der Waals surface area contributed by atoms with E-state index in [1.165, 1.54) is 0 Å². The van der Waals surface area contributed by atoms with Crippen LogP contribution in [0.2, 0.25) is 0 Å². The van der Waals surface area contributed by atoms with Crippen molar-refractivity contribution >= 4 is 28.4 Å². The van der Waals surface area contributed by atoms with Crippen LogP contribution in [0.5, 0.6) is 0 Å². The van der Waals surface area contributed by atoms with Gasteiger partial charge < -0.3 is 15.5 Å². The van der Waals surface area contributed by atoms with Gasteiger partial charge in [0.1, 0.15) is 5.82 Å². The first-order chi connectivity index (χ1) is 11.7. The summed E-state index contributed by atoms with van der Waals surface area (Å²) in [7, 11) is 0. The van der Waals surface area contributed by atoms with Gasteiger partial charge in [0.15, 0.2) is 0 Å². The number of fused-ring (bicyclic) bond motifs is 1. The third kappa shape index (κ3) is 2.78. The number of aromatic nitrogens is 4. The average molecular weight is 323 g/mol. The summed E-state index contributed by atoms with van der Waals surface area (Å²) in [5.41, 5.74) is 3.04. The van der Waals surface area contributed by atoms with Gasteiger partial charge >= 0.3 is 0 Å². The summed E-state index contributed by atoms with van der Waals surface area (Å²) in [6.07, 6.45) is 3.71. The maximum Gasteiger partial charge on any atom is 0.227 e. The molecule has 0 saturated carbocycles. The highest BCUT2D eigenvalue weighted by Gasteiger charge is 2.21. The zero-order valence-corrected chi connectivity index (χ0v) is 13.9. The van der Waals surface area contributed by atoms with Gasteiger partial charge in [0.25, 0.3) is 0 Å². The molecule has 0 radical (unpaired) electrons. The lowest BCUT2D eigenvalue weighted by atomic mass is 10.2. The summed E-state index contributed by atoms with van der Waals surface area (Å²) in [5, 5.41) is 14.9. The average Bonchev–Trinajstić information content (AvgIpc) is 3.05. The number of benzene rings is 1. The molecule has 0 aliphatic carbocycles. The van der Waals surface area contributed by atoms with E-state index in [1.807, 2.05) is 31.5 Å². The predicted molar refractivity (Wildman–Crippen MR) is 95.8 cm³/mol. The zero-order chi connectivity index (χ0) is 16.5. The molecule has 7 heteroatoms. The van der Waals surface area contributed by atoms with Crippen LogP contribution >= 0.6 is 0 Å². The molecule has 0 amide bonds. The van der Waals surface area contributed by atoms with Crippen LogP contribution in [0.1, 0.15) is 12.5 Å². The monoisotopic (exact) mass is 323 g/mol. The fraction of sp³-hybridized carbons (Fsp3) is 0.353. The Labute approximate surface area is 140 Å².